The van der Waals surface area contributed by atoms with E-state index in [0.29, 0.717) is 13.0 Å². The van der Waals surface area contributed by atoms with Gasteiger partial charge < -0.3 is 10.1 Å². The molecule has 0 spiro atoms. The lowest BCUT2D eigenvalue weighted by molar-refractivity contribution is -0.138. The lowest BCUT2D eigenvalue weighted by atomic mass is 9.96. The topological polar surface area (TPSA) is 34.2 Å². The maximum Gasteiger partial charge on any atom is 0.416 e. The summed E-state index contributed by atoms with van der Waals surface area (Å²) in [5, 5.41) is 3.14. The number of ether oxygens (including phenoxy) is 1. The summed E-state index contributed by atoms with van der Waals surface area (Å²) in [5.74, 6) is 0. The molecular formula is C14H21F3N2O. The second kappa shape index (κ2) is 7.59. The molecule has 1 N–H and O–H groups in total. The van der Waals surface area contributed by atoms with Gasteiger partial charge in [-0.1, -0.05) is 13.8 Å². The van der Waals surface area contributed by atoms with Crippen LogP contribution in [0.2, 0.25) is 0 Å². The Balaban J connectivity index is 3.19. The predicted octanol–water partition coefficient (Wildman–Crippen LogP) is 3.57. The average Bonchev–Trinajstić information content (AvgIpc) is 2.42. The summed E-state index contributed by atoms with van der Waals surface area (Å²) in [6.45, 7) is 4.47. The van der Waals surface area contributed by atoms with E-state index in [-0.39, 0.29) is 11.7 Å². The van der Waals surface area contributed by atoms with Gasteiger partial charge in [-0.25, -0.2) is 0 Å². The largest absolute Gasteiger partial charge is 0.416 e. The minimum absolute atomic E-state index is 0.141. The first-order chi connectivity index (χ1) is 9.45. The third kappa shape index (κ3) is 4.18. The van der Waals surface area contributed by atoms with Crippen molar-refractivity contribution in [1.29, 1.82) is 0 Å². The zero-order valence-electron chi connectivity index (χ0n) is 12.0. The lowest BCUT2D eigenvalue weighted by Gasteiger charge is -2.28. The Morgan fingerprint density at radius 3 is 2.55 bits per heavy atom. The van der Waals surface area contributed by atoms with E-state index < -0.39 is 17.8 Å². The minimum Gasteiger partial charge on any atom is -0.379 e. The Bertz CT molecular complexity index is 406. The highest BCUT2D eigenvalue weighted by atomic mass is 19.4. The van der Waals surface area contributed by atoms with Crippen LogP contribution in [0.3, 0.4) is 0 Å². The zero-order chi connectivity index (χ0) is 15.2. The van der Waals surface area contributed by atoms with Crippen molar-refractivity contribution in [2.75, 3.05) is 13.7 Å². The minimum atomic E-state index is -4.39. The fourth-order valence-electron chi connectivity index (χ4n) is 2.19. The van der Waals surface area contributed by atoms with Crippen LogP contribution >= 0.6 is 0 Å². The summed E-state index contributed by atoms with van der Waals surface area (Å²) >= 11 is 0. The molecule has 0 saturated heterocycles. The summed E-state index contributed by atoms with van der Waals surface area (Å²) in [7, 11) is 1.51. The zero-order valence-corrected chi connectivity index (χ0v) is 12.0. The van der Waals surface area contributed by atoms with Crippen molar-refractivity contribution in [2.24, 2.45) is 0 Å². The summed E-state index contributed by atoms with van der Waals surface area (Å²) in [6.07, 6.45) is -0.833. The number of hydrogen-bond acceptors (Lipinski definition) is 3. The van der Waals surface area contributed by atoms with Crippen LogP contribution in [0.1, 0.15) is 43.9 Å². The highest BCUT2D eigenvalue weighted by Crippen LogP contribution is 2.35. The van der Waals surface area contributed by atoms with E-state index in [2.05, 4.69) is 10.3 Å². The van der Waals surface area contributed by atoms with Gasteiger partial charge in [0.05, 0.1) is 17.7 Å². The van der Waals surface area contributed by atoms with Gasteiger partial charge in [-0.05, 0) is 25.5 Å². The molecule has 0 aromatic carbocycles. The van der Waals surface area contributed by atoms with E-state index in [4.69, 9.17) is 4.74 Å². The normalized spacial score (nSPS) is 15.1. The van der Waals surface area contributed by atoms with Crippen LogP contribution < -0.4 is 5.32 Å². The van der Waals surface area contributed by atoms with Crippen LogP contribution in [0.5, 0.6) is 0 Å². The van der Waals surface area contributed by atoms with Crippen LogP contribution in [-0.2, 0) is 10.9 Å². The van der Waals surface area contributed by atoms with Gasteiger partial charge in [-0.2, -0.15) is 13.2 Å². The average molecular weight is 290 g/mol. The Kier molecular flexibility index (Phi) is 6.42. The summed E-state index contributed by atoms with van der Waals surface area (Å²) < 4.78 is 44.6. The highest BCUT2D eigenvalue weighted by Gasteiger charge is 2.36. The summed E-state index contributed by atoms with van der Waals surface area (Å²) in [4.78, 5) is 3.84. The number of aromatic nitrogens is 1. The molecule has 2 atom stereocenters. The maximum absolute atomic E-state index is 13.1. The molecule has 1 aromatic heterocycles. The number of nitrogens with one attached hydrogen (secondary N) is 1. The van der Waals surface area contributed by atoms with Gasteiger partial charge in [0.25, 0.3) is 0 Å². The van der Waals surface area contributed by atoms with Gasteiger partial charge in [0.15, 0.2) is 0 Å². The predicted molar refractivity (Wildman–Crippen MR) is 71.4 cm³/mol. The number of alkyl halides is 3. The van der Waals surface area contributed by atoms with Crippen LogP contribution in [0.4, 0.5) is 13.2 Å². The van der Waals surface area contributed by atoms with E-state index in [1.165, 1.54) is 13.3 Å². The monoisotopic (exact) mass is 290 g/mol. The number of rotatable bonds is 7. The first kappa shape index (κ1) is 16.9. The molecule has 0 aliphatic heterocycles. The molecule has 0 fully saturated rings. The Labute approximate surface area is 117 Å². The maximum atomic E-state index is 13.1. The Morgan fingerprint density at radius 1 is 1.35 bits per heavy atom. The molecule has 0 bridgehead atoms. The molecule has 0 saturated carbocycles. The fourth-order valence-corrected chi connectivity index (χ4v) is 2.19. The Morgan fingerprint density at radius 2 is 2.05 bits per heavy atom. The van der Waals surface area contributed by atoms with Gasteiger partial charge in [0.2, 0.25) is 0 Å². The SMILES string of the molecule is CCCNC(c1cnccc1C(F)(F)F)C(CC)OC. The molecule has 3 nitrogen and oxygen atoms in total. The van der Waals surface area contributed by atoms with E-state index in [0.717, 1.165) is 18.7 Å². The van der Waals surface area contributed by atoms with Crippen molar-refractivity contribution in [3.63, 3.8) is 0 Å². The van der Waals surface area contributed by atoms with Crippen molar-refractivity contribution >= 4 is 0 Å². The van der Waals surface area contributed by atoms with Crippen LogP contribution in [0, 0.1) is 0 Å². The molecule has 20 heavy (non-hydrogen) atoms. The van der Waals surface area contributed by atoms with Crippen molar-refractivity contribution in [3.8, 4) is 0 Å². The molecule has 1 heterocycles. The first-order valence-electron chi connectivity index (χ1n) is 6.72. The lowest BCUT2D eigenvalue weighted by Crippen LogP contribution is -2.35. The summed E-state index contributed by atoms with van der Waals surface area (Å²) in [6, 6.07) is 0.494. The van der Waals surface area contributed by atoms with Gasteiger partial charge in [-0.3, -0.25) is 4.98 Å². The number of methoxy groups -OCH3 is 1. The van der Waals surface area contributed by atoms with Crippen molar-refractivity contribution in [1.82, 2.24) is 10.3 Å². The smallest absolute Gasteiger partial charge is 0.379 e. The van der Waals surface area contributed by atoms with E-state index in [1.807, 2.05) is 13.8 Å². The molecule has 0 radical (unpaired) electrons. The van der Waals surface area contributed by atoms with E-state index in [1.54, 1.807) is 0 Å². The Hall–Kier alpha value is -1.14. The van der Waals surface area contributed by atoms with Crippen LogP contribution in [-0.4, -0.2) is 24.7 Å². The van der Waals surface area contributed by atoms with Gasteiger partial charge in [0, 0.05) is 25.1 Å². The number of nitrogens with zero attached hydrogens (tertiary/aromatic N) is 1. The van der Waals surface area contributed by atoms with E-state index in [9.17, 15) is 13.2 Å². The van der Waals surface area contributed by atoms with Crippen molar-refractivity contribution in [2.45, 2.75) is 45.0 Å². The standard InChI is InChI=1S/C14H21F3N2O/c1-4-7-19-13(12(5-2)20-3)10-9-18-8-6-11(10)14(15,16)17/h6,8-9,12-13,19H,4-5,7H2,1-3H3. The quantitative estimate of drug-likeness (QED) is 0.833. The molecule has 0 aliphatic carbocycles. The third-order valence-corrected chi connectivity index (χ3v) is 3.18. The molecule has 1 rings (SSSR count). The van der Waals surface area contributed by atoms with Crippen molar-refractivity contribution in [3.05, 3.63) is 29.6 Å². The second-order valence-electron chi connectivity index (χ2n) is 4.57. The molecule has 114 valence electrons. The molecule has 2 unspecified atom stereocenters. The van der Waals surface area contributed by atoms with Gasteiger partial charge in [0.1, 0.15) is 0 Å². The number of pyridine rings is 1. The number of hydrogen-bond donors (Lipinski definition) is 1. The first-order valence-corrected chi connectivity index (χ1v) is 6.72. The van der Waals surface area contributed by atoms with E-state index >= 15 is 0 Å². The fraction of sp³-hybridized carbons (Fsp3) is 0.643. The molecule has 0 amide bonds. The molecule has 0 aliphatic rings. The second-order valence-corrected chi connectivity index (χ2v) is 4.57. The molecular weight excluding hydrogens is 269 g/mol. The molecule has 1 aromatic rings. The summed E-state index contributed by atoms with van der Waals surface area (Å²) in [5.41, 5.74) is -0.515. The molecule has 6 heteroatoms. The number of halogens is 3. The van der Waals surface area contributed by atoms with Crippen molar-refractivity contribution < 1.29 is 17.9 Å². The third-order valence-electron chi connectivity index (χ3n) is 3.18. The van der Waals surface area contributed by atoms with Crippen LogP contribution in [0.15, 0.2) is 18.5 Å². The van der Waals surface area contributed by atoms with Gasteiger partial charge in [-0.15, -0.1) is 0 Å². The highest BCUT2D eigenvalue weighted by molar-refractivity contribution is 5.30. The van der Waals surface area contributed by atoms with Crippen LogP contribution in [0.25, 0.3) is 0 Å². The van der Waals surface area contributed by atoms with Gasteiger partial charge >= 0.3 is 6.18 Å².